The quantitative estimate of drug-likeness (QED) is 0.586. The number of hydrogen-bond donors (Lipinski definition) is 2. The molecule has 100 valence electrons. The van der Waals surface area contributed by atoms with Crippen molar-refractivity contribution in [2.24, 2.45) is 5.90 Å². The van der Waals surface area contributed by atoms with Crippen LogP contribution in [0.2, 0.25) is 0 Å². The van der Waals surface area contributed by atoms with E-state index in [0.29, 0.717) is 12.1 Å². The first-order chi connectivity index (χ1) is 8.45. The highest BCUT2D eigenvalue weighted by molar-refractivity contribution is 7.91. The van der Waals surface area contributed by atoms with E-state index < -0.39 is 9.84 Å². The molecule has 0 heterocycles. The fourth-order valence-electron chi connectivity index (χ4n) is 1.40. The van der Waals surface area contributed by atoms with Crippen LogP contribution >= 0.6 is 0 Å². The van der Waals surface area contributed by atoms with Gasteiger partial charge in [0.15, 0.2) is 9.84 Å². The number of benzene rings is 1. The summed E-state index contributed by atoms with van der Waals surface area (Å²) in [6.07, 6.45) is 0.340. The van der Waals surface area contributed by atoms with Crippen molar-refractivity contribution >= 4 is 21.4 Å². The normalized spacial score (nSPS) is 11.2. The highest BCUT2D eigenvalue weighted by Gasteiger charge is 2.13. The van der Waals surface area contributed by atoms with E-state index in [1.807, 2.05) is 0 Å². The molecule has 0 aliphatic rings. The largest absolute Gasteiger partial charge is 0.326 e. The zero-order valence-electron chi connectivity index (χ0n) is 10.0. The van der Waals surface area contributed by atoms with Crippen LogP contribution in [0.25, 0.3) is 0 Å². The highest BCUT2D eigenvalue weighted by atomic mass is 32.2. The number of sulfone groups is 1. The molecule has 0 spiro atoms. The summed E-state index contributed by atoms with van der Waals surface area (Å²) in [7, 11) is -3.33. The Morgan fingerprint density at radius 2 is 1.94 bits per heavy atom. The smallest absolute Gasteiger partial charge is 0.221 e. The minimum Gasteiger partial charge on any atom is -0.326 e. The first-order valence-electron chi connectivity index (χ1n) is 5.38. The molecule has 6 nitrogen and oxygen atoms in total. The number of amides is 1. The van der Waals surface area contributed by atoms with Crippen LogP contribution in [0.4, 0.5) is 5.69 Å². The average Bonchev–Trinajstić information content (AvgIpc) is 2.29. The molecule has 7 heteroatoms. The van der Waals surface area contributed by atoms with Gasteiger partial charge < -0.3 is 10.2 Å². The summed E-state index contributed by atoms with van der Waals surface area (Å²) in [6, 6.07) is 6.02. The second kappa shape index (κ2) is 6.48. The molecule has 0 fully saturated rings. The molecule has 0 aromatic heterocycles. The van der Waals surface area contributed by atoms with Crippen LogP contribution in [0.15, 0.2) is 29.2 Å². The lowest BCUT2D eigenvalue weighted by Gasteiger charge is -2.06. The lowest BCUT2D eigenvalue weighted by molar-refractivity contribution is -0.114. The number of nitrogens with one attached hydrogen (secondary N) is 1. The molecule has 0 unspecified atom stereocenters. The topological polar surface area (TPSA) is 98.5 Å². The fraction of sp³-hybridized carbons (Fsp3) is 0.364. The molecule has 0 saturated heterocycles. The van der Waals surface area contributed by atoms with Crippen LogP contribution < -0.4 is 11.2 Å². The van der Waals surface area contributed by atoms with Crippen molar-refractivity contribution < 1.29 is 18.0 Å². The van der Waals surface area contributed by atoms with E-state index in [1.54, 1.807) is 12.1 Å². The number of carbonyl (C=O) groups excluding carboxylic acids is 1. The first-order valence-corrected chi connectivity index (χ1v) is 7.03. The lowest BCUT2D eigenvalue weighted by Crippen LogP contribution is -2.11. The van der Waals surface area contributed by atoms with Gasteiger partial charge in [0.05, 0.1) is 17.3 Å². The second-order valence-electron chi connectivity index (χ2n) is 3.75. The lowest BCUT2D eigenvalue weighted by atomic mass is 10.3. The van der Waals surface area contributed by atoms with Crippen molar-refractivity contribution in [1.82, 2.24) is 0 Å². The third-order valence-corrected chi connectivity index (χ3v) is 4.03. The van der Waals surface area contributed by atoms with E-state index in [0.717, 1.165) is 0 Å². The number of anilines is 1. The summed E-state index contributed by atoms with van der Waals surface area (Å²) in [6.45, 7) is 1.58. The fourth-order valence-corrected chi connectivity index (χ4v) is 2.68. The molecule has 18 heavy (non-hydrogen) atoms. The molecule has 0 bridgehead atoms. The summed E-state index contributed by atoms with van der Waals surface area (Å²) in [5, 5.41) is 2.57. The van der Waals surface area contributed by atoms with Gasteiger partial charge in [0.25, 0.3) is 0 Å². The van der Waals surface area contributed by atoms with Crippen LogP contribution in [0.3, 0.4) is 0 Å². The van der Waals surface area contributed by atoms with Crippen molar-refractivity contribution in [2.75, 3.05) is 17.7 Å². The molecule has 1 rings (SSSR count). The molecule has 0 aliphatic carbocycles. The maximum Gasteiger partial charge on any atom is 0.221 e. The number of rotatable bonds is 6. The molecule has 0 saturated carbocycles. The molecule has 1 aromatic rings. The van der Waals surface area contributed by atoms with E-state index in [2.05, 4.69) is 10.2 Å². The van der Waals surface area contributed by atoms with Gasteiger partial charge in [-0.15, -0.1) is 0 Å². The summed E-state index contributed by atoms with van der Waals surface area (Å²) in [5.74, 6) is 4.60. The number of nitrogens with two attached hydrogens (primary N) is 1. The molecule has 0 radical (unpaired) electrons. The first kappa shape index (κ1) is 14.6. The van der Waals surface area contributed by atoms with Crippen molar-refractivity contribution in [2.45, 2.75) is 18.2 Å². The van der Waals surface area contributed by atoms with Gasteiger partial charge in [-0.3, -0.25) is 4.79 Å². The van der Waals surface area contributed by atoms with Crippen molar-refractivity contribution in [3.8, 4) is 0 Å². The third-order valence-electron chi connectivity index (χ3n) is 2.21. The molecule has 0 atom stereocenters. The summed E-state index contributed by atoms with van der Waals surface area (Å²) >= 11 is 0. The number of carbonyl (C=O) groups is 1. The Morgan fingerprint density at radius 3 is 2.44 bits per heavy atom. The Bertz CT molecular complexity index is 496. The predicted molar refractivity (Wildman–Crippen MR) is 67.6 cm³/mol. The standard InChI is InChI=1S/C11H16N2O4S/c1-9(14)13-10-3-5-11(6-4-10)18(15,16)8-2-7-17-12/h3-6H,2,7-8,12H2,1H3,(H,13,14). The zero-order chi connectivity index (χ0) is 13.6. The Balaban J connectivity index is 2.74. The van der Waals surface area contributed by atoms with Gasteiger partial charge >= 0.3 is 0 Å². The highest BCUT2D eigenvalue weighted by Crippen LogP contribution is 2.16. The van der Waals surface area contributed by atoms with Crippen LogP contribution in [-0.2, 0) is 19.5 Å². The van der Waals surface area contributed by atoms with Gasteiger partial charge in [-0.05, 0) is 30.7 Å². The zero-order valence-corrected chi connectivity index (χ0v) is 10.9. The van der Waals surface area contributed by atoms with E-state index in [4.69, 9.17) is 5.90 Å². The van der Waals surface area contributed by atoms with Gasteiger partial charge in [-0.1, -0.05) is 0 Å². The van der Waals surface area contributed by atoms with Gasteiger partial charge in [0, 0.05) is 12.6 Å². The monoisotopic (exact) mass is 272 g/mol. The van der Waals surface area contributed by atoms with Crippen molar-refractivity contribution in [3.63, 3.8) is 0 Å². The van der Waals surface area contributed by atoms with E-state index in [1.165, 1.54) is 19.1 Å². The van der Waals surface area contributed by atoms with Gasteiger partial charge in [0.1, 0.15) is 0 Å². The van der Waals surface area contributed by atoms with Gasteiger partial charge in [-0.2, -0.15) is 0 Å². The van der Waals surface area contributed by atoms with Crippen LogP contribution in [0.5, 0.6) is 0 Å². The number of hydrogen-bond acceptors (Lipinski definition) is 5. The van der Waals surface area contributed by atoms with E-state index >= 15 is 0 Å². The van der Waals surface area contributed by atoms with Crippen LogP contribution in [0, 0.1) is 0 Å². The van der Waals surface area contributed by atoms with Crippen LogP contribution in [0.1, 0.15) is 13.3 Å². The maximum absolute atomic E-state index is 11.9. The van der Waals surface area contributed by atoms with E-state index in [9.17, 15) is 13.2 Å². The summed E-state index contributed by atoms with van der Waals surface area (Å²) < 4.78 is 23.7. The molecule has 0 aliphatic heterocycles. The second-order valence-corrected chi connectivity index (χ2v) is 5.86. The Labute approximate surface area is 106 Å². The minimum atomic E-state index is -3.33. The Morgan fingerprint density at radius 1 is 1.33 bits per heavy atom. The molecular formula is C11H16N2O4S. The molecule has 1 amide bonds. The van der Waals surface area contributed by atoms with E-state index in [-0.39, 0.29) is 23.2 Å². The SMILES string of the molecule is CC(=O)Nc1ccc(S(=O)(=O)CCCON)cc1. The third kappa shape index (κ3) is 4.44. The van der Waals surface area contributed by atoms with Crippen molar-refractivity contribution in [3.05, 3.63) is 24.3 Å². The average molecular weight is 272 g/mol. The Kier molecular flexibility index (Phi) is 5.26. The van der Waals surface area contributed by atoms with Gasteiger partial charge in [-0.25, -0.2) is 14.3 Å². The van der Waals surface area contributed by atoms with Crippen LogP contribution in [-0.4, -0.2) is 26.7 Å². The molecular weight excluding hydrogens is 256 g/mol. The summed E-state index contributed by atoms with van der Waals surface area (Å²) in [5.41, 5.74) is 0.562. The Hall–Kier alpha value is -1.44. The minimum absolute atomic E-state index is 0.0241. The maximum atomic E-state index is 11.9. The summed E-state index contributed by atoms with van der Waals surface area (Å²) in [4.78, 5) is 15.4. The molecule has 3 N–H and O–H groups in total. The van der Waals surface area contributed by atoms with Gasteiger partial charge in [0.2, 0.25) is 5.91 Å². The molecule has 1 aromatic carbocycles. The predicted octanol–water partition coefficient (Wildman–Crippen LogP) is 0.699. The van der Waals surface area contributed by atoms with Crippen molar-refractivity contribution in [1.29, 1.82) is 0 Å².